The highest BCUT2D eigenvalue weighted by molar-refractivity contribution is 6.06. The number of nitrogens with one attached hydrogen (secondary N) is 2. The summed E-state index contributed by atoms with van der Waals surface area (Å²) in [5.41, 5.74) is 1.37. The van der Waals surface area contributed by atoms with Crippen LogP contribution in [-0.4, -0.2) is 59.8 Å². The number of hydrogen-bond donors (Lipinski definition) is 2. The summed E-state index contributed by atoms with van der Waals surface area (Å²) in [4.78, 5) is 26.9. The van der Waals surface area contributed by atoms with Gasteiger partial charge in [-0.2, -0.15) is 0 Å². The number of carbonyl (C=O) groups excluding carboxylic acids is 2. The summed E-state index contributed by atoms with van der Waals surface area (Å²) in [7, 11) is 1.97. The van der Waals surface area contributed by atoms with Crippen molar-refractivity contribution in [3.8, 4) is 0 Å². The number of hydrogen-bond acceptors (Lipinski definition) is 4. The van der Waals surface area contributed by atoms with Crippen LogP contribution in [0.2, 0.25) is 0 Å². The lowest BCUT2D eigenvalue weighted by Crippen LogP contribution is -2.40. The molecule has 182 valence electrons. The summed E-state index contributed by atoms with van der Waals surface area (Å²) in [5.74, 6) is 0.534. The lowest BCUT2D eigenvalue weighted by Gasteiger charge is -2.32. The molecule has 7 heteroatoms. The van der Waals surface area contributed by atoms with E-state index < -0.39 is 5.60 Å². The first-order chi connectivity index (χ1) is 15.7. The maximum atomic E-state index is 12.6. The van der Waals surface area contributed by atoms with Crippen LogP contribution >= 0.6 is 0 Å². The molecule has 0 unspecified atom stereocenters. The van der Waals surface area contributed by atoms with E-state index >= 15 is 0 Å². The normalized spacial score (nSPS) is 15.5. The fraction of sp³-hybridized carbons (Fsp3) is 0.615. The third kappa shape index (κ3) is 7.77. The predicted molar refractivity (Wildman–Crippen MR) is 133 cm³/mol. The Morgan fingerprint density at radius 2 is 1.79 bits per heavy atom. The van der Waals surface area contributed by atoms with Gasteiger partial charge in [0.25, 0.3) is 5.91 Å². The summed E-state index contributed by atoms with van der Waals surface area (Å²) in [5, 5.41) is 6.98. The Kier molecular flexibility index (Phi) is 8.78. The summed E-state index contributed by atoms with van der Waals surface area (Å²) in [6.45, 7) is 10.3. The maximum Gasteiger partial charge on any atom is 0.407 e. The average molecular weight is 457 g/mol. The zero-order chi connectivity index (χ0) is 23.8. The van der Waals surface area contributed by atoms with E-state index in [2.05, 4.69) is 15.5 Å². The van der Waals surface area contributed by atoms with Crippen molar-refractivity contribution in [2.24, 2.45) is 13.0 Å². The van der Waals surface area contributed by atoms with Crippen LogP contribution in [0.1, 0.15) is 63.2 Å². The zero-order valence-corrected chi connectivity index (χ0v) is 20.7. The number of fused-ring (bicyclic) bond motifs is 1. The van der Waals surface area contributed by atoms with Crippen molar-refractivity contribution in [1.82, 2.24) is 20.1 Å². The van der Waals surface area contributed by atoms with Crippen molar-refractivity contribution in [2.45, 2.75) is 58.5 Å². The van der Waals surface area contributed by atoms with Crippen molar-refractivity contribution in [3.05, 3.63) is 36.0 Å². The number of aromatic nitrogens is 1. The van der Waals surface area contributed by atoms with Crippen LogP contribution in [0, 0.1) is 5.92 Å². The Bertz CT molecular complexity index is 923. The van der Waals surface area contributed by atoms with Crippen LogP contribution < -0.4 is 10.6 Å². The van der Waals surface area contributed by atoms with Gasteiger partial charge >= 0.3 is 6.09 Å². The Labute approximate surface area is 197 Å². The Morgan fingerprint density at radius 3 is 2.52 bits per heavy atom. The second kappa shape index (κ2) is 11.5. The molecule has 0 bridgehead atoms. The van der Waals surface area contributed by atoms with Crippen molar-refractivity contribution >= 4 is 22.9 Å². The SMILES string of the molecule is Cn1cc(C(=O)NCCCCCN2CCC(CNC(=O)OC(C)(C)C)CC2)c2ccccc21. The molecule has 0 radical (unpaired) electrons. The second-order valence-electron chi connectivity index (χ2n) is 10.2. The molecular weight excluding hydrogens is 416 g/mol. The number of carbonyl (C=O) groups is 2. The van der Waals surface area contributed by atoms with Gasteiger partial charge in [-0.15, -0.1) is 0 Å². The highest BCUT2D eigenvalue weighted by atomic mass is 16.6. The second-order valence-corrected chi connectivity index (χ2v) is 10.2. The molecule has 7 nitrogen and oxygen atoms in total. The van der Waals surface area contributed by atoms with Crippen molar-refractivity contribution < 1.29 is 14.3 Å². The summed E-state index contributed by atoms with van der Waals surface area (Å²) in [6.07, 6.45) is 7.05. The minimum Gasteiger partial charge on any atom is -0.444 e. The van der Waals surface area contributed by atoms with Crippen LogP contribution in [0.5, 0.6) is 0 Å². The van der Waals surface area contributed by atoms with Gasteiger partial charge in [0.15, 0.2) is 0 Å². The fourth-order valence-electron chi connectivity index (χ4n) is 4.41. The number of para-hydroxylation sites is 1. The monoisotopic (exact) mass is 456 g/mol. The lowest BCUT2D eigenvalue weighted by atomic mass is 9.96. The predicted octanol–water partition coefficient (Wildman–Crippen LogP) is 4.32. The molecule has 1 aromatic heterocycles. The summed E-state index contributed by atoms with van der Waals surface area (Å²) in [6, 6.07) is 8.00. The van der Waals surface area contributed by atoms with E-state index in [4.69, 9.17) is 4.74 Å². The van der Waals surface area contributed by atoms with Crippen LogP contribution in [0.4, 0.5) is 4.79 Å². The van der Waals surface area contributed by atoms with E-state index in [1.807, 2.05) is 62.8 Å². The highest BCUT2D eigenvalue weighted by Crippen LogP contribution is 2.20. The molecule has 2 N–H and O–H groups in total. The number of ether oxygens (including phenoxy) is 1. The lowest BCUT2D eigenvalue weighted by molar-refractivity contribution is 0.0509. The molecule has 33 heavy (non-hydrogen) atoms. The maximum absolute atomic E-state index is 12.6. The number of unbranched alkanes of at least 4 members (excludes halogenated alkanes) is 2. The molecule has 1 aliphatic heterocycles. The first-order valence-electron chi connectivity index (χ1n) is 12.2. The molecule has 2 heterocycles. The number of benzene rings is 1. The molecule has 0 saturated carbocycles. The molecular formula is C26H40N4O3. The summed E-state index contributed by atoms with van der Waals surface area (Å²) < 4.78 is 7.31. The standard InChI is InChI=1S/C26H40N4O3/c1-26(2,3)33-25(32)28-18-20-12-16-30(17-13-20)15-9-5-8-14-27-24(31)22-19-29(4)23-11-7-6-10-21(22)23/h6-7,10-11,19-20H,5,8-9,12-18H2,1-4H3,(H,27,31)(H,28,32). The quantitative estimate of drug-likeness (QED) is 0.551. The minimum atomic E-state index is -0.452. The minimum absolute atomic E-state index is 0.00821. The van der Waals surface area contributed by atoms with Gasteiger partial charge in [0.2, 0.25) is 0 Å². The van der Waals surface area contributed by atoms with E-state index in [-0.39, 0.29) is 12.0 Å². The zero-order valence-electron chi connectivity index (χ0n) is 20.7. The molecule has 1 fully saturated rings. The van der Waals surface area contributed by atoms with Gasteiger partial charge in [0, 0.05) is 37.2 Å². The third-order valence-electron chi connectivity index (χ3n) is 6.22. The van der Waals surface area contributed by atoms with E-state index in [0.717, 1.165) is 68.2 Å². The van der Waals surface area contributed by atoms with E-state index in [1.54, 1.807) is 0 Å². The van der Waals surface area contributed by atoms with Crippen molar-refractivity contribution in [3.63, 3.8) is 0 Å². The Hall–Kier alpha value is -2.54. The summed E-state index contributed by atoms with van der Waals surface area (Å²) >= 11 is 0. The average Bonchev–Trinajstić information content (AvgIpc) is 3.11. The van der Waals surface area contributed by atoms with E-state index in [0.29, 0.717) is 19.0 Å². The molecule has 0 spiro atoms. The Morgan fingerprint density at radius 1 is 1.06 bits per heavy atom. The molecule has 3 rings (SSSR count). The van der Waals surface area contributed by atoms with Gasteiger partial charge in [-0.1, -0.05) is 24.6 Å². The molecule has 2 aromatic rings. The molecule has 0 aliphatic carbocycles. The van der Waals surface area contributed by atoms with Crippen LogP contribution in [0.15, 0.2) is 30.5 Å². The van der Waals surface area contributed by atoms with Crippen molar-refractivity contribution in [1.29, 1.82) is 0 Å². The smallest absolute Gasteiger partial charge is 0.407 e. The van der Waals surface area contributed by atoms with Gasteiger partial charge in [-0.3, -0.25) is 4.79 Å². The molecule has 1 aliphatic rings. The number of nitrogens with zero attached hydrogens (tertiary/aromatic N) is 2. The molecule has 1 aromatic carbocycles. The highest BCUT2D eigenvalue weighted by Gasteiger charge is 2.21. The van der Waals surface area contributed by atoms with E-state index in [1.165, 1.54) is 0 Å². The van der Waals surface area contributed by atoms with Gasteiger partial charge in [0.05, 0.1) is 5.56 Å². The van der Waals surface area contributed by atoms with Gasteiger partial charge in [0.1, 0.15) is 5.60 Å². The fourth-order valence-corrected chi connectivity index (χ4v) is 4.41. The van der Waals surface area contributed by atoms with Crippen LogP contribution in [0.25, 0.3) is 10.9 Å². The molecule has 2 amide bonds. The largest absolute Gasteiger partial charge is 0.444 e. The first kappa shape index (κ1) is 25.1. The molecule has 1 saturated heterocycles. The van der Waals surface area contributed by atoms with Crippen molar-refractivity contribution in [2.75, 3.05) is 32.7 Å². The van der Waals surface area contributed by atoms with Gasteiger partial charge in [-0.05, 0) is 78.1 Å². The van der Waals surface area contributed by atoms with E-state index in [9.17, 15) is 9.59 Å². The van der Waals surface area contributed by atoms with Crippen LogP contribution in [-0.2, 0) is 11.8 Å². The van der Waals surface area contributed by atoms with Gasteiger partial charge in [-0.25, -0.2) is 4.79 Å². The van der Waals surface area contributed by atoms with Crippen LogP contribution in [0.3, 0.4) is 0 Å². The number of alkyl carbamates (subject to hydrolysis) is 1. The number of rotatable bonds is 9. The number of aryl methyl sites for hydroxylation is 1. The number of amides is 2. The number of piperidine rings is 1. The molecule has 0 atom stereocenters. The Balaban J connectivity index is 1.25. The van der Waals surface area contributed by atoms with Gasteiger partial charge < -0.3 is 24.8 Å². The first-order valence-corrected chi connectivity index (χ1v) is 12.2. The topological polar surface area (TPSA) is 75.6 Å². The number of likely N-dealkylation sites (tertiary alicyclic amines) is 1. The third-order valence-corrected chi connectivity index (χ3v) is 6.22.